The minimum atomic E-state index is 0.0974. The number of hydrogen-bond acceptors (Lipinski definition) is 3. The van der Waals surface area contributed by atoms with Gasteiger partial charge in [0.1, 0.15) is 0 Å². The van der Waals surface area contributed by atoms with E-state index in [0.29, 0.717) is 6.04 Å². The summed E-state index contributed by atoms with van der Waals surface area (Å²) in [7, 11) is 4.01. The summed E-state index contributed by atoms with van der Waals surface area (Å²) in [4.78, 5) is 16.7. The van der Waals surface area contributed by atoms with Crippen molar-refractivity contribution in [2.24, 2.45) is 0 Å². The van der Waals surface area contributed by atoms with Gasteiger partial charge in [-0.2, -0.15) is 5.10 Å². The first-order valence-corrected chi connectivity index (χ1v) is 7.02. The summed E-state index contributed by atoms with van der Waals surface area (Å²) < 4.78 is 1.92. The highest BCUT2D eigenvalue weighted by Gasteiger charge is 2.28. The Morgan fingerprint density at radius 1 is 1.58 bits per heavy atom. The van der Waals surface area contributed by atoms with E-state index in [1.54, 1.807) is 6.20 Å². The van der Waals surface area contributed by atoms with Gasteiger partial charge in [-0.25, -0.2) is 0 Å². The fraction of sp³-hybridized carbons (Fsp3) is 0.714. The fourth-order valence-corrected chi connectivity index (χ4v) is 2.68. The van der Waals surface area contributed by atoms with Crippen molar-refractivity contribution in [1.82, 2.24) is 19.6 Å². The number of carbonyl (C=O) groups excluding carboxylic acids is 1. The van der Waals surface area contributed by atoms with Gasteiger partial charge in [0.2, 0.25) is 0 Å². The van der Waals surface area contributed by atoms with Crippen LogP contribution < -0.4 is 0 Å². The maximum atomic E-state index is 12.5. The quantitative estimate of drug-likeness (QED) is 0.825. The largest absolute Gasteiger partial charge is 0.337 e. The zero-order chi connectivity index (χ0) is 14.0. The van der Waals surface area contributed by atoms with E-state index in [2.05, 4.69) is 24.0 Å². The molecule has 0 saturated carbocycles. The van der Waals surface area contributed by atoms with Crippen molar-refractivity contribution >= 4 is 5.91 Å². The normalized spacial score (nSPS) is 19.9. The number of aromatic nitrogens is 2. The van der Waals surface area contributed by atoms with Gasteiger partial charge in [-0.1, -0.05) is 6.92 Å². The van der Waals surface area contributed by atoms with Crippen LogP contribution in [-0.2, 0) is 6.54 Å². The third kappa shape index (κ3) is 2.81. The van der Waals surface area contributed by atoms with Crippen molar-refractivity contribution in [2.45, 2.75) is 39.3 Å². The van der Waals surface area contributed by atoms with E-state index >= 15 is 0 Å². The third-order valence-electron chi connectivity index (χ3n) is 4.00. The second kappa shape index (κ2) is 5.74. The van der Waals surface area contributed by atoms with E-state index < -0.39 is 0 Å². The Morgan fingerprint density at radius 3 is 2.89 bits per heavy atom. The second-order valence-electron chi connectivity index (χ2n) is 5.49. The Morgan fingerprint density at radius 2 is 2.32 bits per heavy atom. The van der Waals surface area contributed by atoms with Crippen molar-refractivity contribution < 1.29 is 4.79 Å². The lowest BCUT2D eigenvalue weighted by Crippen LogP contribution is -2.38. The molecule has 5 nitrogen and oxygen atoms in total. The third-order valence-corrected chi connectivity index (χ3v) is 4.00. The molecular formula is C14H24N4O. The molecule has 1 fully saturated rings. The van der Waals surface area contributed by atoms with Gasteiger partial charge in [0.25, 0.3) is 5.91 Å². The number of rotatable bonds is 4. The number of amides is 1. The predicted octanol–water partition coefficient (Wildman–Crippen LogP) is 1.38. The molecule has 2 rings (SSSR count). The smallest absolute Gasteiger partial charge is 0.257 e. The van der Waals surface area contributed by atoms with E-state index in [-0.39, 0.29) is 5.91 Å². The molecule has 1 aromatic heterocycles. The van der Waals surface area contributed by atoms with E-state index in [4.69, 9.17) is 0 Å². The summed E-state index contributed by atoms with van der Waals surface area (Å²) >= 11 is 0. The first kappa shape index (κ1) is 14.1. The molecule has 1 atom stereocenters. The molecule has 0 aromatic carbocycles. The summed E-state index contributed by atoms with van der Waals surface area (Å²) in [6.07, 6.45) is 3.79. The maximum absolute atomic E-state index is 12.5. The van der Waals surface area contributed by atoms with Crippen LogP contribution in [0.15, 0.2) is 6.20 Å². The Labute approximate surface area is 115 Å². The van der Waals surface area contributed by atoms with Crippen LogP contribution in [-0.4, -0.2) is 58.7 Å². The van der Waals surface area contributed by atoms with Crippen LogP contribution in [0.1, 0.15) is 35.8 Å². The summed E-state index contributed by atoms with van der Waals surface area (Å²) in [6.45, 7) is 6.99. The average Bonchev–Trinajstić information content (AvgIpc) is 2.96. The predicted molar refractivity (Wildman–Crippen MR) is 75.3 cm³/mol. The Hall–Kier alpha value is -1.36. The lowest BCUT2D eigenvalue weighted by Gasteiger charge is -2.24. The van der Waals surface area contributed by atoms with Crippen molar-refractivity contribution in [3.05, 3.63) is 17.5 Å². The lowest BCUT2D eigenvalue weighted by molar-refractivity contribution is 0.0736. The van der Waals surface area contributed by atoms with Crippen LogP contribution in [0.4, 0.5) is 0 Å². The van der Waals surface area contributed by atoms with Gasteiger partial charge in [0.05, 0.1) is 11.8 Å². The number of aryl methyl sites for hydroxylation is 1. The summed E-state index contributed by atoms with van der Waals surface area (Å²) in [5, 5.41) is 4.31. The Kier molecular flexibility index (Phi) is 4.24. The minimum Gasteiger partial charge on any atom is -0.337 e. The SMILES string of the molecule is CCCn1ncc(C(=O)N(C)[C@H]2CCN(C)C2)c1C. The maximum Gasteiger partial charge on any atom is 0.257 e. The number of hydrogen-bond donors (Lipinski definition) is 0. The Balaban J connectivity index is 2.10. The molecule has 0 radical (unpaired) electrons. The van der Waals surface area contributed by atoms with Gasteiger partial charge in [0, 0.05) is 31.9 Å². The molecule has 0 bridgehead atoms. The van der Waals surface area contributed by atoms with Crippen LogP contribution >= 0.6 is 0 Å². The monoisotopic (exact) mass is 264 g/mol. The molecule has 0 N–H and O–H groups in total. The molecule has 1 aliphatic rings. The number of likely N-dealkylation sites (N-methyl/N-ethyl adjacent to an activating group) is 2. The van der Waals surface area contributed by atoms with Gasteiger partial charge < -0.3 is 9.80 Å². The average molecular weight is 264 g/mol. The van der Waals surface area contributed by atoms with Crippen LogP contribution in [0, 0.1) is 6.92 Å². The van der Waals surface area contributed by atoms with Gasteiger partial charge in [-0.3, -0.25) is 9.48 Å². The van der Waals surface area contributed by atoms with Crippen LogP contribution in [0.2, 0.25) is 0 Å². The first-order chi connectivity index (χ1) is 9.04. The van der Waals surface area contributed by atoms with E-state index in [1.165, 1.54) is 0 Å². The van der Waals surface area contributed by atoms with Crippen molar-refractivity contribution in [1.29, 1.82) is 0 Å². The standard InChI is InChI=1S/C14H24N4O/c1-5-7-18-11(2)13(9-15-18)14(19)17(4)12-6-8-16(3)10-12/h9,12H,5-8,10H2,1-4H3/t12-/m0/s1. The van der Waals surface area contributed by atoms with Crippen LogP contribution in [0.3, 0.4) is 0 Å². The summed E-state index contributed by atoms with van der Waals surface area (Å²) in [5.41, 5.74) is 1.72. The molecule has 2 heterocycles. The molecule has 1 amide bonds. The summed E-state index contributed by atoms with van der Waals surface area (Å²) in [5.74, 6) is 0.0974. The van der Waals surface area contributed by atoms with E-state index in [1.807, 2.05) is 23.6 Å². The highest BCUT2D eigenvalue weighted by Crippen LogP contribution is 2.17. The molecular weight excluding hydrogens is 240 g/mol. The topological polar surface area (TPSA) is 41.4 Å². The van der Waals surface area contributed by atoms with Gasteiger partial charge in [-0.05, 0) is 33.4 Å². The lowest BCUT2D eigenvalue weighted by atomic mass is 10.1. The molecule has 0 spiro atoms. The highest BCUT2D eigenvalue weighted by molar-refractivity contribution is 5.95. The van der Waals surface area contributed by atoms with E-state index in [0.717, 1.165) is 43.7 Å². The molecule has 1 aromatic rings. The first-order valence-electron chi connectivity index (χ1n) is 7.02. The zero-order valence-electron chi connectivity index (χ0n) is 12.4. The van der Waals surface area contributed by atoms with Crippen LogP contribution in [0.5, 0.6) is 0 Å². The van der Waals surface area contributed by atoms with Crippen molar-refractivity contribution in [2.75, 3.05) is 27.2 Å². The molecule has 106 valence electrons. The van der Waals surface area contributed by atoms with Gasteiger partial charge in [-0.15, -0.1) is 0 Å². The molecule has 1 aliphatic heterocycles. The van der Waals surface area contributed by atoms with Gasteiger partial charge >= 0.3 is 0 Å². The van der Waals surface area contributed by atoms with Crippen LogP contribution in [0.25, 0.3) is 0 Å². The zero-order valence-corrected chi connectivity index (χ0v) is 12.4. The van der Waals surface area contributed by atoms with Crippen molar-refractivity contribution in [3.8, 4) is 0 Å². The second-order valence-corrected chi connectivity index (χ2v) is 5.49. The summed E-state index contributed by atoms with van der Waals surface area (Å²) in [6, 6.07) is 0.325. The van der Waals surface area contributed by atoms with Crippen molar-refractivity contribution in [3.63, 3.8) is 0 Å². The number of carbonyl (C=O) groups is 1. The molecule has 0 unspecified atom stereocenters. The highest BCUT2D eigenvalue weighted by atomic mass is 16.2. The fourth-order valence-electron chi connectivity index (χ4n) is 2.68. The van der Waals surface area contributed by atoms with E-state index in [9.17, 15) is 4.79 Å². The number of likely N-dealkylation sites (tertiary alicyclic amines) is 1. The van der Waals surface area contributed by atoms with Gasteiger partial charge in [0.15, 0.2) is 0 Å². The Bertz CT molecular complexity index is 454. The minimum absolute atomic E-state index is 0.0974. The molecule has 1 saturated heterocycles. The molecule has 5 heteroatoms. The number of nitrogens with zero attached hydrogens (tertiary/aromatic N) is 4. The molecule has 0 aliphatic carbocycles. The molecule has 19 heavy (non-hydrogen) atoms.